The summed E-state index contributed by atoms with van der Waals surface area (Å²) in [6.07, 6.45) is 1.31. The summed E-state index contributed by atoms with van der Waals surface area (Å²) in [6, 6.07) is 8.56. The maximum absolute atomic E-state index is 10.9. The van der Waals surface area contributed by atoms with Gasteiger partial charge in [0.1, 0.15) is 0 Å². The van der Waals surface area contributed by atoms with Crippen molar-refractivity contribution in [2.24, 2.45) is 0 Å². The van der Waals surface area contributed by atoms with Gasteiger partial charge in [-0.25, -0.2) is 0 Å². The first kappa shape index (κ1) is 16.0. The van der Waals surface area contributed by atoms with E-state index in [-0.39, 0.29) is 6.42 Å². The Labute approximate surface area is 127 Å². The van der Waals surface area contributed by atoms with Crippen LogP contribution in [0.1, 0.15) is 31.4 Å². The van der Waals surface area contributed by atoms with Crippen LogP contribution in [0.2, 0.25) is 0 Å². The molecule has 0 amide bonds. The zero-order valence-corrected chi connectivity index (χ0v) is 13.1. The molecule has 1 aliphatic rings. The van der Waals surface area contributed by atoms with Gasteiger partial charge in [0.25, 0.3) is 0 Å². The van der Waals surface area contributed by atoms with E-state index in [0.29, 0.717) is 6.04 Å². The average Bonchev–Trinajstić information content (AvgIpc) is 2.49. The highest BCUT2D eigenvalue weighted by molar-refractivity contribution is 5.70. The molecule has 0 aliphatic carbocycles. The highest BCUT2D eigenvalue weighted by Crippen LogP contribution is 2.15. The van der Waals surface area contributed by atoms with E-state index in [4.69, 9.17) is 5.11 Å². The minimum Gasteiger partial charge on any atom is -0.481 e. The summed E-state index contributed by atoms with van der Waals surface area (Å²) < 4.78 is 0. The van der Waals surface area contributed by atoms with Crippen molar-refractivity contribution in [3.05, 3.63) is 35.4 Å². The van der Waals surface area contributed by atoms with Crippen LogP contribution >= 0.6 is 0 Å². The highest BCUT2D eigenvalue weighted by Gasteiger charge is 2.20. The molecule has 1 saturated heterocycles. The third-order valence-corrected chi connectivity index (χ3v) is 4.48. The molecule has 1 heterocycles. The molecular formula is C17H26N2O2. The lowest BCUT2D eigenvalue weighted by molar-refractivity contribution is -0.136. The molecule has 0 aromatic heterocycles. The summed E-state index contributed by atoms with van der Waals surface area (Å²) in [6.45, 7) is 9.72. The molecular weight excluding hydrogens is 264 g/mol. The maximum Gasteiger partial charge on any atom is 0.307 e. The van der Waals surface area contributed by atoms with Gasteiger partial charge in [-0.05, 0) is 24.5 Å². The largest absolute Gasteiger partial charge is 0.481 e. The lowest BCUT2D eigenvalue weighted by Crippen LogP contribution is -2.49. The van der Waals surface area contributed by atoms with Crippen LogP contribution in [0.4, 0.5) is 0 Å². The van der Waals surface area contributed by atoms with Gasteiger partial charge in [0.2, 0.25) is 0 Å². The second kappa shape index (κ2) is 7.57. The molecule has 116 valence electrons. The second-order valence-corrected chi connectivity index (χ2v) is 5.91. The fourth-order valence-corrected chi connectivity index (χ4v) is 2.91. The number of hydrogen-bond acceptors (Lipinski definition) is 3. The molecule has 4 heteroatoms. The van der Waals surface area contributed by atoms with Crippen LogP contribution in [-0.4, -0.2) is 53.1 Å². The van der Waals surface area contributed by atoms with E-state index < -0.39 is 5.97 Å². The third kappa shape index (κ3) is 4.55. The summed E-state index contributed by atoms with van der Waals surface area (Å²) in [4.78, 5) is 15.9. The van der Waals surface area contributed by atoms with Crippen molar-refractivity contribution in [3.8, 4) is 0 Å². The number of carbonyl (C=O) groups is 1. The van der Waals surface area contributed by atoms with Crippen LogP contribution in [0.15, 0.2) is 24.3 Å². The van der Waals surface area contributed by atoms with Gasteiger partial charge in [0.15, 0.2) is 0 Å². The zero-order chi connectivity index (χ0) is 15.2. The van der Waals surface area contributed by atoms with Crippen molar-refractivity contribution < 1.29 is 9.90 Å². The number of piperazine rings is 1. The number of benzene rings is 1. The number of aliphatic carboxylic acids is 1. The Morgan fingerprint density at radius 2 is 1.81 bits per heavy atom. The average molecular weight is 290 g/mol. The molecule has 2 rings (SSSR count). The van der Waals surface area contributed by atoms with Gasteiger partial charge in [0, 0.05) is 38.8 Å². The standard InChI is InChI=1S/C17H26N2O2/c1-3-14(2)19-10-8-18(9-11-19)13-16-7-5-4-6-15(16)12-17(20)21/h4-7,14H,3,8-13H2,1-2H3,(H,20,21). The van der Waals surface area contributed by atoms with Gasteiger partial charge < -0.3 is 5.11 Å². The summed E-state index contributed by atoms with van der Waals surface area (Å²) in [7, 11) is 0. The van der Waals surface area contributed by atoms with Gasteiger partial charge in [0.05, 0.1) is 6.42 Å². The second-order valence-electron chi connectivity index (χ2n) is 5.91. The summed E-state index contributed by atoms with van der Waals surface area (Å²) in [5.41, 5.74) is 2.09. The summed E-state index contributed by atoms with van der Waals surface area (Å²) in [5, 5.41) is 9.00. The predicted molar refractivity (Wildman–Crippen MR) is 84.4 cm³/mol. The molecule has 1 N–H and O–H groups in total. The molecule has 4 nitrogen and oxygen atoms in total. The number of nitrogens with zero attached hydrogens (tertiary/aromatic N) is 2. The van der Waals surface area contributed by atoms with Crippen molar-refractivity contribution in [1.29, 1.82) is 0 Å². The van der Waals surface area contributed by atoms with Crippen molar-refractivity contribution in [2.75, 3.05) is 26.2 Å². The molecule has 0 spiro atoms. The fraction of sp³-hybridized carbons (Fsp3) is 0.588. The number of carboxylic acids is 1. The van der Waals surface area contributed by atoms with E-state index in [1.807, 2.05) is 18.2 Å². The van der Waals surface area contributed by atoms with Crippen molar-refractivity contribution >= 4 is 5.97 Å². The Bertz CT molecular complexity index is 468. The summed E-state index contributed by atoms with van der Waals surface area (Å²) >= 11 is 0. The molecule has 0 saturated carbocycles. The molecule has 1 aliphatic heterocycles. The maximum atomic E-state index is 10.9. The minimum atomic E-state index is -0.760. The number of rotatable bonds is 6. The Morgan fingerprint density at radius 1 is 1.19 bits per heavy atom. The Hall–Kier alpha value is -1.39. The zero-order valence-electron chi connectivity index (χ0n) is 13.1. The number of carboxylic acid groups (broad SMARTS) is 1. The van der Waals surface area contributed by atoms with Crippen molar-refractivity contribution in [1.82, 2.24) is 9.80 Å². The molecule has 0 bridgehead atoms. The van der Waals surface area contributed by atoms with Gasteiger partial charge in [-0.15, -0.1) is 0 Å². The normalized spacial score (nSPS) is 18.6. The van der Waals surface area contributed by atoms with E-state index in [9.17, 15) is 4.79 Å². The molecule has 1 unspecified atom stereocenters. The van der Waals surface area contributed by atoms with Crippen LogP contribution in [0, 0.1) is 0 Å². The van der Waals surface area contributed by atoms with Crippen LogP contribution in [0.25, 0.3) is 0 Å². The van der Waals surface area contributed by atoms with Gasteiger partial charge in [-0.1, -0.05) is 31.2 Å². The predicted octanol–water partition coefficient (Wildman–Crippen LogP) is 2.23. The highest BCUT2D eigenvalue weighted by atomic mass is 16.4. The van der Waals surface area contributed by atoms with Crippen LogP contribution < -0.4 is 0 Å². The SMILES string of the molecule is CCC(C)N1CCN(Cc2ccccc2CC(=O)O)CC1. The van der Waals surface area contributed by atoms with E-state index in [1.165, 1.54) is 6.42 Å². The minimum absolute atomic E-state index is 0.114. The van der Waals surface area contributed by atoms with Crippen LogP contribution in [0.3, 0.4) is 0 Å². The first-order valence-corrected chi connectivity index (χ1v) is 7.85. The molecule has 1 atom stereocenters. The third-order valence-electron chi connectivity index (χ3n) is 4.48. The molecule has 1 fully saturated rings. The smallest absolute Gasteiger partial charge is 0.307 e. The molecule has 21 heavy (non-hydrogen) atoms. The Kier molecular flexibility index (Phi) is 5.76. The topological polar surface area (TPSA) is 43.8 Å². The van der Waals surface area contributed by atoms with E-state index in [2.05, 4.69) is 29.7 Å². The van der Waals surface area contributed by atoms with Crippen LogP contribution in [0.5, 0.6) is 0 Å². The molecule has 1 aromatic carbocycles. The first-order chi connectivity index (χ1) is 10.1. The first-order valence-electron chi connectivity index (χ1n) is 7.85. The van der Waals surface area contributed by atoms with E-state index in [1.54, 1.807) is 0 Å². The van der Waals surface area contributed by atoms with E-state index >= 15 is 0 Å². The molecule has 1 aromatic rings. The van der Waals surface area contributed by atoms with Crippen LogP contribution in [-0.2, 0) is 17.8 Å². The summed E-state index contributed by atoms with van der Waals surface area (Å²) in [5.74, 6) is -0.760. The Morgan fingerprint density at radius 3 is 2.38 bits per heavy atom. The van der Waals surface area contributed by atoms with Crippen molar-refractivity contribution in [3.63, 3.8) is 0 Å². The lowest BCUT2D eigenvalue weighted by Gasteiger charge is -2.38. The number of hydrogen-bond donors (Lipinski definition) is 1. The van der Waals surface area contributed by atoms with E-state index in [0.717, 1.165) is 43.9 Å². The monoisotopic (exact) mass is 290 g/mol. The quantitative estimate of drug-likeness (QED) is 0.872. The fourth-order valence-electron chi connectivity index (χ4n) is 2.91. The van der Waals surface area contributed by atoms with Gasteiger partial charge in [-0.3, -0.25) is 14.6 Å². The molecule has 0 radical (unpaired) electrons. The lowest BCUT2D eigenvalue weighted by atomic mass is 10.0. The van der Waals surface area contributed by atoms with Crippen molar-refractivity contribution in [2.45, 2.75) is 39.3 Å². The Balaban J connectivity index is 1.93. The van der Waals surface area contributed by atoms with Gasteiger partial charge in [-0.2, -0.15) is 0 Å². The van der Waals surface area contributed by atoms with Gasteiger partial charge >= 0.3 is 5.97 Å².